The molecule has 1 amide bonds. The molecule has 1 fully saturated rings. The molecule has 25 heavy (non-hydrogen) atoms. The van der Waals surface area contributed by atoms with Gasteiger partial charge in [0.1, 0.15) is 13.2 Å². The number of ether oxygens (including phenoxy) is 2. The number of carbonyl (C=O) groups excluding carboxylic acids is 1. The van der Waals surface area contributed by atoms with Crippen LogP contribution in [0, 0.1) is 5.92 Å². The maximum atomic E-state index is 12.8. The van der Waals surface area contributed by atoms with Gasteiger partial charge in [-0.3, -0.25) is 4.79 Å². The number of benzene rings is 1. The van der Waals surface area contributed by atoms with Crippen molar-refractivity contribution in [1.29, 1.82) is 0 Å². The molecular formula is C19H24N2O4. The molecule has 0 radical (unpaired) electrons. The number of aliphatic hydroxyl groups excluding tert-OH is 1. The SMILES string of the molecule is C=CCc1cc2c(c(C(=O)NC(=C)[C@@H]3CCNC[C@H]3O)c1)OCCO2. The highest BCUT2D eigenvalue weighted by Gasteiger charge is 2.28. The maximum Gasteiger partial charge on any atom is 0.259 e. The second-order valence-corrected chi connectivity index (χ2v) is 6.31. The van der Waals surface area contributed by atoms with Gasteiger partial charge in [0.25, 0.3) is 5.91 Å². The first kappa shape index (κ1) is 17.5. The summed E-state index contributed by atoms with van der Waals surface area (Å²) in [4.78, 5) is 12.8. The number of piperidine rings is 1. The van der Waals surface area contributed by atoms with E-state index in [0.29, 0.717) is 48.9 Å². The van der Waals surface area contributed by atoms with Crippen molar-refractivity contribution >= 4 is 5.91 Å². The van der Waals surface area contributed by atoms with Crippen LogP contribution >= 0.6 is 0 Å². The van der Waals surface area contributed by atoms with E-state index < -0.39 is 6.10 Å². The fraction of sp³-hybridized carbons (Fsp3) is 0.421. The minimum absolute atomic E-state index is 0.158. The first-order valence-electron chi connectivity index (χ1n) is 8.52. The number of carbonyl (C=O) groups is 1. The molecule has 3 N–H and O–H groups in total. The predicted molar refractivity (Wildman–Crippen MR) is 94.9 cm³/mol. The van der Waals surface area contributed by atoms with E-state index in [1.807, 2.05) is 6.07 Å². The number of β-amino-alcohol motifs (C(OH)–C–C–N with tert-alkyl or cyclic N) is 1. The third-order valence-electron chi connectivity index (χ3n) is 4.50. The standard InChI is InChI=1S/C19H24N2O4/c1-3-4-13-9-15(18-17(10-13)24-7-8-25-18)19(23)21-12(2)14-5-6-20-11-16(14)22/h3,9-10,14,16,20,22H,1-2,4-8,11H2,(H,21,23)/t14-,16+/m0/s1. The zero-order chi connectivity index (χ0) is 17.8. The van der Waals surface area contributed by atoms with Gasteiger partial charge in [-0.05, 0) is 37.1 Å². The lowest BCUT2D eigenvalue weighted by Crippen LogP contribution is -2.44. The zero-order valence-corrected chi connectivity index (χ0v) is 14.2. The monoisotopic (exact) mass is 344 g/mol. The van der Waals surface area contributed by atoms with Gasteiger partial charge in [0.2, 0.25) is 0 Å². The largest absolute Gasteiger partial charge is 0.486 e. The van der Waals surface area contributed by atoms with E-state index in [1.165, 1.54) is 0 Å². The Morgan fingerprint density at radius 3 is 2.96 bits per heavy atom. The highest BCUT2D eigenvalue weighted by molar-refractivity contribution is 5.99. The maximum absolute atomic E-state index is 12.8. The van der Waals surface area contributed by atoms with Crippen LogP contribution in [0.3, 0.4) is 0 Å². The van der Waals surface area contributed by atoms with Gasteiger partial charge < -0.3 is 25.2 Å². The Labute approximate surface area is 147 Å². The van der Waals surface area contributed by atoms with E-state index in [-0.39, 0.29) is 11.8 Å². The van der Waals surface area contributed by atoms with Crippen molar-refractivity contribution in [3.05, 3.63) is 48.2 Å². The Kier molecular flexibility index (Phi) is 5.40. The quantitative estimate of drug-likeness (QED) is 0.704. The topological polar surface area (TPSA) is 79.8 Å². The average molecular weight is 344 g/mol. The normalized spacial score (nSPS) is 22.1. The van der Waals surface area contributed by atoms with Gasteiger partial charge in [-0.25, -0.2) is 0 Å². The summed E-state index contributed by atoms with van der Waals surface area (Å²) in [5, 5.41) is 16.0. The van der Waals surface area contributed by atoms with Crippen LogP contribution in [-0.2, 0) is 6.42 Å². The van der Waals surface area contributed by atoms with Crippen molar-refractivity contribution in [2.24, 2.45) is 5.92 Å². The van der Waals surface area contributed by atoms with Crippen LogP contribution in [0.4, 0.5) is 0 Å². The second-order valence-electron chi connectivity index (χ2n) is 6.31. The van der Waals surface area contributed by atoms with E-state index in [4.69, 9.17) is 9.47 Å². The van der Waals surface area contributed by atoms with E-state index >= 15 is 0 Å². The predicted octanol–water partition coefficient (Wildman–Crippen LogP) is 1.40. The zero-order valence-electron chi connectivity index (χ0n) is 14.2. The number of fused-ring (bicyclic) bond motifs is 1. The van der Waals surface area contributed by atoms with Gasteiger partial charge in [-0.2, -0.15) is 0 Å². The Balaban J connectivity index is 1.82. The fourth-order valence-electron chi connectivity index (χ4n) is 3.22. The summed E-state index contributed by atoms with van der Waals surface area (Å²) in [6.07, 6.45) is 2.58. The molecule has 6 nitrogen and oxygen atoms in total. The Hall–Kier alpha value is -2.31. The third-order valence-corrected chi connectivity index (χ3v) is 4.50. The molecule has 3 rings (SSSR count). The van der Waals surface area contributed by atoms with Gasteiger partial charge in [-0.15, -0.1) is 6.58 Å². The van der Waals surface area contributed by atoms with Crippen molar-refractivity contribution in [3.8, 4) is 11.5 Å². The molecule has 2 aliphatic rings. The van der Waals surface area contributed by atoms with Gasteiger partial charge >= 0.3 is 0 Å². The molecule has 0 bridgehead atoms. The van der Waals surface area contributed by atoms with Gasteiger partial charge in [0.15, 0.2) is 11.5 Å². The van der Waals surface area contributed by atoms with Crippen molar-refractivity contribution in [1.82, 2.24) is 10.6 Å². The van der Waals surface area contributed by atoms with E-state index in [9.17, 15) is 9.90 Å². The van der Waals surface area contributed by atoms with E-state index in [1.54, 1.807) is 12.1 Å². The van der Waals surface area contributed by atoms with Crippen LogP contribution in [0.5, 0.6) is 11.5 Å². The lowest BCUT2D eigenvalue weighted by Gasteiger charge is -2.30. The second kappa shape index (κ2) is 7.72. The van der Waals surface area contributed by atoms with Crippen LogP contribution in [0.25, 0.3) is 0 Å². The summed E-state index contributed by atoms with van der Waals surface area (Å²) in [7, 11) is 0. The lowest BCUT2D eigenvalue weighted by molar-refractivity contribution is 0.0867. The molecule has 0 aliphatic carbocycles. The summed E-state index contributed by atoms with van der Waals surface area (Å²) in [5.41, 5.74) is 1.87. The summed E-state index contributed by atoms with van der Waals surface area (Å²) < 4.78 is 11.3. The Morgan fingerprint density at radius 1 is 1.40 bits per heavy atom. The number of aliphatic hydroxyl groups is 1. The number of allylic oxidation sites excluding steroid dienone is 1. The Bertz CT molecular complexity index is 686. The average Bonchev–Trinajstić information content (AvgIpc) is 2.61. The van der Waals surface area contributed by atoms with E-state index in [0.717, 1.165) is 18.5 Å². The minimum Gasteiger partial charge on any atom is -0.486 e. The van der Waals surface area contributed by atoms with Gasteiger partial charge in [0, 0.05) is 18.2 Å². The fourth-order valence-corrected chi connectivity index (χ4v) is 3.22. The molecule has 0 unspecified atom stereocenters. The molecule has 0 saturated carbocycles. The molecule has 1 aromatic rings. The van der Waals surface area contributed by atoms with Gasteiger partial charge in [-0.1, -0.05) is 12.7 Å². The van der Waals surface area contributed by atoms with Crippen molar-refractivity contribution in [3.63, 3.8) is 0 Å². The summed E-state index contributed by atoms with van der Waals surface area (Å²) in [6, 6.07) is 3.66. The molecule has 2 heterocycles. The summed E-state index contributed by atoms with van der Waals surface area (Å²) in [5.74, 6) is 0.566. The van der Waals surface area contributed by atoms with Crippen LogP contribution in [0.15, 0.2) is 37.1 Å². The highest BCUT2D eigenvalue weighted by atomic mass is 16.6. The molecule has 1 saturated heterocycles. The van der Waals surface area contributed by atoms with Crippen molar-refractivity contribution < 1.29 is 19.4 Å². The highest BCUT2D eigenvalue weighted by Crippen LogP contribution is 2.36. The summed E-state index contributed by atoms with van der Waals surface area (Å²) >= 11 is 0. The molecule has 0 aromatic heterocycles. The molecule has 134 valence electrons. The van der Waals surface area contributed by atoms with Crippen LogP contribution in [0.2, 0.25) is 0 Å². The van der Waals surface area contributed by atoms with E-state index in [2.05, 4.69) is 23.8 Å². The molecule has 2 atom stereocenters. The summed E-state index contributed by atoms with van der Waals surface area (Å²) in [6.45, 7) is 9.85. The number of rotatable bonds is 5. The first-order valence-corrected chi connectivity index (χ1v) is 8.52. The minimum atomic E-state index is -0.554. The molecule has 2 aliphatic heterocycles. The molecule has 6 heteroatoms. The lowest BCUT2D eigenvalue weighted by atomic mass is 9.92. The molecule has 1 aromatic carbocycles. The van der Waals surface area contributed by atoms with Crippen LogP contribution in [-0.4, -0.2) is 43.4 Å². The number of amides is 1. The van der Waals surface area contributed by atoms with Gasteiger partial charge in [0.05, 0.1) is 11.7 Å². The van der Waals surface area contributed by atoms with Crippen molar-refractivity contribution in [2.45, 2.75) is 18.9 Å². The van der Waals surface area contributed by atoms with Crippen LogP contribution in [0.1, 0.15) is 22.3 Å². The number of hydrogen-bond acceptors (Lipinski definition) is 5. The van der Waals surface area contributed by atoms with Crippen LogP contribution < -0.4 is 20.1 Å². The first-order chi connectivity index (χ1) is 12.1. The molecular weight excluding hydrogens is 320 g/mol. The molecule has 0 spiro atoms. The number of hydrogen-bond donors (Lipinski definition) is 3. The Morgan fingerprint density at radius 2 is 2.20 bits per heavy atom. The number of nitrogens with one attached hydrogen (secondary N) is 2. The third kappa shape index (κ3) is 3.86. The van der Waals surface area contributed by atoms with Crippen molar-refractivity contribution in [2.75, 3.05) is 26.3 Å². The smallest absolute Gasteiger partial charge is 0.259 e.